The van der Waals surface area contributed by atoms with E-state index < -0.39 is 23.6 Å². The lowest BCUT2D eigenvalue weighted by Gasteiger charge is -2.36. The molecule has 1 amide bonds. The van der Waals surface area contributed by atoms with Crippen molar-refractivity contribution in [3.8, 4) is 0 Å². The number of carbonyl (C=O) groups excluding carboxylic acids is 3. The van der Waals surface area contributed by atoms with Crippen molar-refractivity contribution < 1.29 is 23.9 Å². The summed E-state index contributed by atoms with van der Waals surface area (Å²) >= 11 is 0. The van der Waals surface area contributed by atoms with Gasteiger partial charge in [-0.05, 0) is 27.7 Å². The number of ketones is 1. The van der Waals surface area contributed by atoms with Gasteiger partial charge in [-0.3, -0.25) is 9.59 Å². The van der Waals surface area contributed by atoms with Gasteiger partial charge in [-0.15, -0.1) is 0 Å². The Morgan fingerprint density at radius 1 is 1.32 bits per heavy atom. The molecular formula is C13H21NO5. The summed E-state index contributed by atoms with van der Waals surface area (Å²) in [5.74, 6) is -1.71. The van der Waals surface area contributed by atoms with Crippen molar-refractivity contribution >= 4 is 17.8 Å². The summed E-state index contributed by atoms with van der Waals surface area (Å²) < 4.78 is 9.85. The maximum Gasteiger partial charge on any atom is 0.410 e. The van der Waals surface area contributed by atoms with Gasteiger partial charge in [0.05, 0.1) is 7.11 Å². The topological polar surface area (TPSA) is 72.9 Å². The Kier molecular flexibility index (Phi) is 4.55. The van der Waals surface area contributed by atoms with Gasteiger partial charge in [0.15, 0.2) is 5.78 Å². The van der Waals surface area contributed by atoms with Gasteiger partial charge in [-0.25, -0.2) is 4.79 Å². The van der Waals surface area contributed by atoms with Crippen molar-refractivity contribution in [3.05, 3.63) is 0 Å². The first kappa shape index (κ1) is 15.5. The fourth-order valence-corrected chi connectivity index (χ4v) is 1.95. The molecule has 0 bridgehead atoms. The Labute approximate surface area is 113 Å². The molecule has 0 aliphatic carbocycles. The third-order valence-corrected chi connectivity index (χ3v) is 2.91. The van der Waals surface area contributed by atoms with E-state index in [-0.39, 0.29) is 24.8 Å². The second kappa shape index (κ2) is 5.59. The Morgan fingerprint density at radius 2 is 1.89 bits per heavy atom. The molecule has 0 aromatic heterocycles. The molecule has 1 saturated heterocycles. The molecule has 6 heteroatoms. The van der Waals surface area contributed by atoms with Gasteiger partial charge in [0.2, 0.25) is 0 Å². The lowest BCUT2D eigenvalue weighted by molar-refractivity contribution is -0.152. The largest absolute Gasteiger partial charge is 0.468 e. The van der Waals surface area contributed by atoms with Gasteiger partial charge in [0, 0.05) is 19.0 Å². The zero-order valence-corrected chi connectivity index (χ0v) is 12.1. The van der Waals surface area contributed by atoms with Crippen molar-refractivity contribution in [2.75, 3.05) is 13.7 Å². The second-order valence-corrected chi connectivity index (χ2v) is 5.73. The average molecular weight is 271 g/mol. The number of Topliss-reactive ketones (excluding diaryl/α,β-unsaturated/α-hetero) is 1. The van der Waals surface area contributed by atoms with Gasteiger partial charge >= 0.3 is 12.1 Å². The predicted octanol–water partition coefficient (Wildman–Crippen LogP) is 1.37. The molecule has 0 radical (unpaired) electrons. The predicted molar refractivity (Wildman–Crippen MR) is 67.5 cm³/mol. The number of hydrogen-bond acceptors (Lipinski definition) is 5. The van der Waals surface area contributed by atoms with Crippen LogP contribution in [-0.2, 0) is 19.1 Å². The molecule has 1 unspecified atom stereocenters. The van der Waals surface area contributed by atoms with E-state index in [4.69, 9.17) is 4.74 Å². The number of rotatable bonds is 1. The maximum atomic E-state index is 12.0. The smallest absolute Gasteiger partial charge is 0.410 e. The van der Waals surface area contributed by atoms with E-state index in [9.17, 15) is 14.4 Å². The van der Waals surface area contributed by atoms with Crippen LogP contribution in [-0.4, -0.2) is 48.0 Å². The summed E-state index contributed by atoms with van der Waals surface area (Å²) in [5.41, 5.74) is -0.612. The standard InChI is InChI=1S/C13H21NO5/c1-8-6-10(15)9(11(16)18-5)7-14(8)12(17)19-13(2,3)4/h8-9H,6-7H2,1-5H3/t8-,9?/m0/s1. The van der Waals surface area contributed by atoms with E-state index in [1.54, 1.807) is 27.7 Å². The molecule has 1 aliphatic rings. The molecule has 6 nitrogen and oxygen atoms in total. The Morgan fingerprint density at radius 3 is 2.37 bits per heavy atom. The average Bonchev–Trinajstić information content (AvgIpc) is 2.25. The van der Waals surface area contributed by atoms with Crippen LogP contribution in [0.5, 0.6) is 0 Å². The van der Waals surface area contributed by atoms with Crippen molar-refractivity contribution in [1.29, 1.82) is 0 Å². The third-order valence-electron chi connectivity index (χ3n) is 2.91. The van der Waals surface area contributed by atoms with E-state index in [2.05, 4.69) is 4.74 Å². The van der Waals surface area contributed by atoms with Crippen LogP contribution >= 0.6 is 0 Å². The van der Waals surface area contributed by atoms with Crippen LogP contribution in [0.3, 0.4) is 0 Å². The molecule has 0 saturated carbocycles. The monoisotopic (exact) mass is 271 g/mol. The molecular weight excluding hydrogens is 250 g/mol. The Balaban J connectivity index is 2.80. The number of methoxy groups -OCH3 is 1. The van der Waals surface area contributed by atoms with E-state index >= 15 is 0 Å². The van der Waals surface area contributed by atoms with Crippen LogP contribution in [0.1, 0.15) is 34.1 Å². The lowest BCUT2D eigenvalue weighted by atomic mass is 9.92. The Hall–Kier alpha value is -1.59. The first-order valence-electron chi connectivity index (χ1n) is 6.26. The molecule has 1 aliphatic heterocycles. The highest BCUT2D eigenvalue weighted by atomic mass is 16.6. The van der Waals surface area contributed by atoms with Crippen LogP contribution in [0.4, 0.5) is 4.79 Å². The van der Waals surface area contributed by atoms with Gasteiger partial charge in [-0.1, -0.05) is 0 Å². The fourth-order valence-electron chi connectivity index (χ4n) is 1.95. The summed E-state index contributed by atoms with van der Waals surface area (Å²) in [6.07, 6.45) is -0.375. The van der Waals surface area contributed by atoms with Crippen LogP contribution in [0.25, 0.3) is 0 Å². The third kappa shape index (κ3) is 3.94. The quantitative estimate of drug-likeness (QED) is 0.532. The number of likely N-dealkylation sites (tertiary alicyclic amines) is 1. The Bertz CT molecular complexity index is 385. The van der Waals surface area contributed by atoms with Gasteiger partial charge in [0.25, 0.3) is 0 Å². The normalized spacial score (nSPS) is 24.1. The molecule has 1 fully saturated rings. The van der Waals surface area contributed by atoms with Crippen LogP contribution in [0.2, 0.25) is 0 Å². The SMILES string of the molecule is COC(=O)C1CN(C(=O)OC(C)(C)C)[C@@H](C)CC1=O. The molecule has 1 rings (SSSR count). The summed E-state index contributed by atoms with van der Waals surface area (Å²) in [6.45, 7) is 7.07. The number of carbonyl (C=O) groups is 3. The van der Waals surface area contributed by atoms with Crippen molar-refractivity contribution in [1.82, 2.24) is 4.90 Å². The van der Waals surface area contributed by atoms with Crippen LogP contribution in [0, 0.1) is 5.92 Å². The van der Waals surface area contributed by atoms with E-state index in [1.807, 2.05) is 0 Å². The molecule has 0 spiro atoms. The van der Waals surface area contributed by atoms with Gasteiger partial charge < -0.3 is 14.4 Å². The molecule has 108 valence electrons. The van der Waals surface area contributed by atoms with Crippen molar-refractivity contribution in [2.24, 2.45) is 5.92 Å². The van der Waals surface area contributed by atoms with Crippen molar-refractivity contribution in [2.45, 2.75) is 45.8 Å². The first-order valence-corrected chi connectivity index (χ1v) is 6.26. The zero-order chi connectivity index (χ0) is 14.8. The number of nitrogens with zero attached hydrogens (tertiary/aromatic N) is 1. The number of esters is 1. The molecule has 0 aromatic rings. The maximum absolute atomic E-state index is 12.0. The number of piperidine rings is 1. The van der Waals surface area contributed by atoms with Crippen LogP contribution in [0.15, 0.2) is 0 Å². The molecule has 2 atom stereocenters. The molecule has 0 aromatic carbocycles. The highest BCUT2D eigenvalue weighted by Gasteiger charge is 2.40. The summed E-state index contributed by atoms with van der Waals surface area (Å²) in [5, 5.41) is 0. The van der Waals surface area contributed by atoms with Crippen molar-refractivity contribution in [3.63, 3.8) is 0 Å². The number of ether oxygens (including phenoxy) is 2. The van der Waals surface area contributed by atoms with E-state index in [1.165, 1.54) is 12.0 Å². The number of amides is 1. The minimum Gasteiger partial charge on any atom is -0.468 e. The van der Waals surface area contributed by atoms with Gasteiger partial charge in [0.1, 0.15) is 11.5 Å². The first-order chi connectivity index (χ1) is 8.65. The molecule has 0 N–H and O–H groups in total. The summed E-state index contributed by atoms with van der Waals surface area (Å²) in [7, 11) is 1.23. The summed E-state index contributed by atoms with van der Waals surface area (Å²) in [6, 6.07) is -0.275. The molecule has 1 heterocycles. The minimum atomic E-state index is -0.909. The highest BCUT2D eigenvalue weighted by molar-refractivity contribution is 6.00. The van der Waals surface area contributed by atoms with Gasteiger partial charge in [-0.2, -0.15) is 0 Å². The zero-order valence-electron chi connectivity index (χ0n) is 12.1. The van der Waals surface area contributed by atoms with E-state index in [0.717, 1.165) is 0 Å². The van der Waals surface area contributed by atoms with Crippen LogP contribution < -0.4 is 0 Å². The minimum absolute atomic E-state index is 0.0155. The number of hydrogen-bond donors (Lipinski definition) is 0. The summed E-state index contributed by atoms with van der Waals surface area (Å²) in [4.78, 5) is 36.7. The fraction of sp³-hybridized carbons (Fsp3) is 0.769. The lowest BCUT2D eigenvalue weighted by Crippen LogP contribution is -2.52. The second-order valence-electron chi connectivity index (χ2n) is 5.73. The highest BCUT2D eigenvalue weighted by Crippen LogP contribution is 2.22. The van der Waals surface area contributed by atoms with E-state index in [0.29, 0.717) is 0 Å². The molecule has 19 heavy (non-hydrogen) atoms.